The van der Waals surface area contributed by atoms with Gasteiger partial charge in [0.15, 0.2) is 0 Å². The Morgan fingerprint density at radius 3 is 2.54 bits per heavy atom. The van der Waals surface area contributed by atoms with Gasteiger partial charge in [-0.05, 0) is 37.0 Å². The van der Waals surface area contributed by atoms with E-state index in [-0.39, 0.29) is 0 Å². The van der Waals surface area contributed by atoms with Crippen LogP contribution in [0.25, 0.3) is 0 Å². The zero-order chi connectivity index (χ0) is 9.10. The third-order valence-electron chi connectivity index (χ3n) is 2.42. The standard InChI is InChI=1S/C11H13ClO/c12-10-6-4-9(5-7-10)11-3-1-2-8-13-11/h4-7,11H,1-3,8H2/t11-/m0/s1. The molecule has 0 unspecified atom stereocenters. The topological polar surface area (TPSA) is 9.23 Å². The van der Waals surface area contributed by atoms with Crippen molar-refractivity contribution < 1.29 is 4.74 Å². The summed E-state index contributed by atoms with van der Waals surface area (Å²) in [6.45, 7) is 0.896. The molecule has 13 heavy (non-hydrogen) atoms. The molecule has 1 aromatic rings. The van der Waals surface area contributed by atoms with E-state index in [2.05, 4.69) is 12.1 Å². The van der Waals surface area contributed by atoms with Crippen LogP contribution in [0.1, 0.15) is 30.9 Å². The van der Waals surface area contributed by atoms with E-state index in [1.165, 1.54) is 18.4 Å². The number of hydrogen-bond donors (Lipinski definition) is 0. The first-order chi connectivity index (χ1) is 6.36. The monoisotopic (exact) mass is 196 g/mol. The van der Waals surface area contributed by atoms with Gasteiger partial charge in [-0.15, -0.1) is 0 Å². The highest BCUT2D eigenvalue weighted by atomic mass is 35.5. The lowest BCUT2D eigenvalue weighted by Gasteiger charge is -2.22. The lowest BCUT2D eigenvalue weighted by atomic mass is 10.0. The van der Waals surface area contributed by atoms with Crippen LogP contribution in [0, 0.1) is 0 Å². The maximum Gasteiger partial charge on any atom is 0.0824 e. The van der Waals surface area contributed by atoms with Gasteiger partial charge in [0.1, 0.15) is 0 Å². The van der Waals surface area contributed by atoms with E-state index < -0.39 is 0 Å². The molecule has 0 amide bonds. The van der Waals surface area contributed by atoms with Gasteiger partial charge < -0.3 is 4.74 Å². The number of ether oxygens (including phenoxy) is 1. The molecule has 0 spiro atoms. The molecule has 1 aliphatic rings. The van der Waals surface area contributed by atoms with Crippen LogP contribution in [0.2, 0.25) is 5.02 Å². The van der Waals surface area contributed by atoms with Crippen molar-refractivity contribution in [3.05, 3.63) is 34.9 Å². The molecule has 70 valence electrons. The molecule has 1 fully saturated rings. The van der Waals surface area contributed by atoms with Gasteiger partial charge in [-0.2, -0.15) is 0 Å². The summed E-state index contributed by atoms with van der Waals surface area (Å²) in [5.74, 6) is 0. The van der Waals surface area contributed by atoms with E-state index in [0.717, 1.165) is 18.1 Å². The largest absolute Gasteiger partial charge is 0.374 e. The Morgan fingerprint density at radius 1 is 1.15 bits per heavy atom. The first-order valence-corrected chi connectivity index (χ1v) is 5.11. The highest BCUT2D eigenvalue weighted by molar-refractivity contribution is 6.30. The first-order valence-electron chi connectivity index (χ1n) is 4.73. The predicted octanol–water partition coefficient (Wildman–Crippen LogP) is 3.58. The van der Waals surface area contributed by atoms with Crippen molar-refractivity contribution in [2.45, 2.75) is 25.4 Å². The zero-order valence-electron chi connectivity index (χ0n) is 7.50. The molecule has 2 heteroatoms. The van der Waals surface area contributed by atoms with Crippen molar-refractivity contribution in [1.82, 2.24) is 0 Å². The quantitative estimate of drug-likeness (QED) is 0.667. The van der Waals surface area contributed by atoms with E-state index >= 15 is 0 Å². The second kappa shape index (κ2) is 4.12. The van der Waals surface area contributed by atoms with Crippen LogP contribution in [0.3, 0.4) is 0 Å². The minimum absolute atomic E-state index is 0.297. The molecule has 1 nitrogen and oxygen atoms in total. The van der Waals surface area contributed by atoms with Gasteiger partial charge in [-0.3, -0.25) is 0 Å². The Balaban J connectivity index is 2.10. The molecule has 1 aromatic carbocycles. The van der Waals surface area contributed by atoms with E-state index in [1.54, 1.807) is 0 Å². The van der Waals surface area contributed by atoms with Gasteiger partial charge in [0.05, 0.1) is 6.10 Å². The SMILES string of the molecule is Clc1ccc([C@@H]2CCCCO2)cc1. The van der Waals surface area contributed by atoms with Crippen molar-refractivity contribution in [3.8, 4) is 0 Å². The van der Waals surface area contributed by atoms with E-state index in [4.69, 9.17) is 16.3 Å². The summed E-state index contributed by atoms with van der Waals surface area (Å²) >= 11 is 5.81. The molecule has 0 saturated carbocycles. The second-order valence-electron chi connectivity index (χ2n) is 3.41. The molecule has 0 bridgehead atoms. The van der Waals surface area contributed by atoms with Crippen LogP contribution >= 0.6 is 11.6 Å². The maximum atomic E-state index is 5.81. The Labute approximate surface area is 83.7 Å². The van der Waals surface area contributed by atoms with Crippen LogP contribution in [-0.2, 0) is 4.74 Å². The Bertz CT molecular complexity index is 262. The molecule has 0 radical (unpaired) electrons. The fourth-order valence-corrected chi connectivity index (χ4v) is 1.81. The highest BCUT2D eigenvalue weighted by Crippen LogP contribution is 2.28. The zero-order valence-corrected chi connectivity index (χ0v) is 8.26. The van der Waals surface area contributed by atoms with E-state index in [0.29, 0.717) is 6.10 Å². The molecule has 1 aliphatic heterocycles. The van der Waals surface area contributed by atoms with Gasteiger partial charge in [0.25, 0.3) is 0 Å². The number of hydrogen-bond acceptors (Lipinski definition) is 1. The summed E-state index contributed by atoms with van der Waals surface area (Å²) in [4.78, 5) is 0. The molecule has 0 N–H and O–H groups in total. The molecular formula is C11H13ClO. The van der Waals surface area contributed by atoms with Crippen LogP contribution in [-0.4, -0.2) is 6.61 Å². The Kier molecular flexibility index (Phi) is 2.87. The Morgan fingerprint density at radius 2 is 1.92 bits per heavy atom. The first kappa shape index (κ1) is 9.04. The number of halogens is 1. The van der Waals surface area contributed by atoms with Crippen molar-refractivity contribution in [3.63, 3.8) is 0 Å². The summed E-state index contributed by atoms with van der Waals surface area (Å²) in [6, 6.07) is 7.96. The highest BCUT2D eigenvalue weighted by Gasteiger charge is 2.15. The second-order valence-corrected chi connectivity index (χ2v) is 3.84. The lowest BCUT2D eigenvalue weighted by Crippen LogP contribution is -2.11. The number of benzene rings is 1. The lowest BCUT2D eigenvalue weighted by molar-refractivity contribution is 0.0149. The van der Waals surface area contributed by atoms with Crippen molar-refractivity contribution >= 4 is 11.6 Å². The van der Waals surface area contributed by atoms with Crippen LogP contribution in [0.15, 0.2) is 24.3 Å². The smallest absolute Gasteiger partial charge is 0.0824 e. The minimum atomic E-state index is 0.297. The third-order valence-corrected chi connectivity index (χ3v) is 2.67. The van der Waals surface area contributed by atoms with Gasteiger partial charge in [-0.25, -0.2) is 0 Å². The summed E-state index contributed by atoms with van der Waals surface area (Å²) in [5, 5.41) is 0.791. The molecule has 2 rings (SSSR count). The van der Waals surface area contributed by atoms with Gasteiger partial charge in [0, 0.05) is 11.6 Å². The summed E-state index contributed by atoms with van der Waals surface area (Å²) in [6.07, 6.45) is 3.91. The maximum absolute atomic E-state index is 5.81. The van der Waals surface area contributed by atoms with Gasteiger partial charge in [0.2, 0.25) is 0 Å². The molecule has 1 saturated heterocycles. The number of rotatable bonds is 1. The minimum Gasteiger partial charge on any atom is -0.374 e. The van der Waals surface area contributed by atoms with E-state index in [9.17, 15) is 0 Å². The third kappa shape index (κ3) is 2.23. The summed E-state index contributed by atoms with van der Waals surface area (Å²) in [7, 11) is 0. The van der Waals surface area contributed by atoms with Crippen LogP contribution < -0.4 is 0 Å². The molecular weight excluding hydrogens is 184 g/mol. The normalized spacial score (nSPS) is 23.0. The Hall–Kier alpha value is -0.530. The average molecular weight is 197 g/mol. The van der Waals surface area contributed by atoms with Crippen LogP contribution in [0.4, 0.5) is 0 Å². The average Bonchev–Trinajstić information content (AvgIpc) is 2.20. The summed E-state index contributed by atoms with van der Waals surface area (Å²) < 4.78 is 5.66. The molecule has 1 atom stereocenters. The molecule has 0 aliphatic carbocycles. The summed E-state index contributed by atoms with van der Waals surface area (Å²) in [5.41, 5.74) is 1.25. The molecule has 0 aromatic heterocycles. The van der Waals surface area contributed by atoms with Gasteiger partial charge >= 0.3 is 0 Å². The van der Waals surface area contributed by atoms with Gasteiger partial charge in [-0.1, -0.05) is 23.7 Å². The van der Waals surface area contributed by atoms with Crippen molar-refractivity contribution in [2.24, 2.45) is 0 Å². The fourth-order valence-electron chi connectivity index (χ4n) is 1.68. The van der Waals surface area contributed by atoms with E-state index in [1.807, 2.05) is 12.1 Å². The van der Waals surface area contributed by atoms with Crippen LogP contribution in [0.5, 0.6) is 0 Å². The fraction of sp³-hybridized carbons (Fsp3) is 0.455. The molecule has 1 heterocycles. The predicted molar refractivity (Wildman–Crippen MR) is 54.0 cm³/mol. The van der Waals surface area contributed by atoms with Crippen molar-refractivity contribution in [2.75, 3.05) is 6.61 Å². The van der Waals surface area contributed by atoms with Crippen molar-refractivity contribution in [1.29, 1.82) is 0 Å².